The summed E-state index contributed by atoms with van der Waals surface area (Å²) in [6, 6.07) is 2.43. The van der Waals surface area contributed by atoms with Crippen LogP contribution in [0.15, 0.2) is 12.1 Å². The number of carbonyl (C=O) groups is 1. The first kappa shape index (κ1) is 11.4. The Bertz CT molecular complexity index is 391. The Kier molecular flexibility index (Phi) is 3.24. The van der Waals surface area contributed by atoms with Gasteiger partial charge in [-0.25, -0.2) is 8.78 Å². The van der Waals surface area contributed by atoms with Crippen molar-refractivity contribution in [3.05, 3.63) is 23.3 Å². The van der Waals surface area contributed by atoms with Gasteiger partial charge in [0.05, 0.1) is 18.4 Å². The standard InChI is InChI=1S/C10H11F2NO2/c1-5(14)6-3-4-7(10(11)12)9(15-2)8(6)13/h3-4,10H,13H2,1-2H3. The van der Waals surface area contributed by atoms with Crippen LogP contribution in [0, 0.1) is 0 Å². The molecule has 0 heterocycles. The largest absolute Gasteiger partial charge is 0.494 e. The number of hydrogen-bond acceptors (Lipinski definition) is 3. The molecule has 0 aliphatic rings. The van der Waals surface area contributed by atoms with E-state index in [1.807, 2.05) is 0 Å². The monoisotopic (exact) mass is 215 g/mol. The molecule has 3 nitrogen and oxygen atoms in total. The topological polar surface area (TPSA) is 52.3 Å². The Morgan fingerprint density at radius 3 is 2.47 bits per heavy atom. The lowest BCUT2D eigenvalue weighted by molar-refractivity contribution is 0.101. The lowest BCUT2D eigenvalue weighted by Gasteiger charge is -2.12. The van der Waals surface area contributed by atoms with Crippen molar-refractivity contribution in [2.24, 2.45) is 0 Å². The van der Waals surface area contributed by atoms with E-state index < -0.39 is 6.43 Å². The minimum atomic E-state index is -2.68. The number of halogens is 2. The van der Waals surface area contributed by atoms with Gasteiger partial charge in [-0.15, -0.1) is 0 Å². The Morgan fingerprint density at radius 1 is 1.47 bits per heavy atom. The van der Waals surface area contributed by atoms with Crippen molar-refractivity contribution in [2.45, 2.75) is 13.3 Å². The second kappa shape index (κ2) is 4.25. The Hall–Kier alpha value is -1.65. The summed E-state index contributed by atoms with van der Waals surface area (Å²) in [6.07, 6.45) is -2.68. The maximum absolute atomic E-state index is 12.5. The molecule has 0 aromatic heterocycles. The van der Waals surface area contributed by atoms with Crippen molar-refractivity contribution in [1.82, 2.24) is 0 Å². The highest BCUT2D eigenvalue weighted by Gasteiger charge is 2.19. The molecule has 15 heavy (non-hydrogen) atoms. The number of ether oxygens (including phenoxy) is 1. The maximum Gasteiger partial charge on any atom is 0.267 e. The molecule has 1 aromatic carbocycles. The van der Waals surface area contributed by atoms with Crippen LogP contribution in [-0.4, -0.2) is 12.9 Å². The van der Waals surface area contributed by atoms with Gasteiger partial charge in [0.25, 0.3) is 6.43 Å². The van der Waals surface area contributed by atoms with E-state index in [1.54, 1.807) is 0 Å². The van der Waals surface area contributed by atoms with Crippen molar-refractivity contribution >= 4 is 11.5 Å². The number of ketones is 1. The molecule has 0 amide bonds. The summed E-state index contributed by atoms with van der Waals surface area (Å²) in [5.41, 5.74) is 5.40. The van der Waals surface area contributed by atoms with Crippen LogP contribution in [0.2, 0.25) is 0 Å². The highest BCUT2D eigenvalue weighted by atomic mass is 19.3. The summed E-state index contributed by atoms with van der Waals surface area (Å²) >= 11 is 0. The number of benzene rings is 1. The predicted molar refractivity (Wildman–Crippen MR) is 52.4 cm³/mol. The molecule has 0 unspecified atom stereocenters. The van der Waals surface area contributed by atoms with Gasteiger partial charge in [-0.1, -0.05) is 0 Å². The minimum Gasteiger partial charge on any atom is -0.494 e. The summed E-state index contributed by atoms with van der Waals surface area (Å²) in [5, 5.41) is 0. The van der Waals surface area contributed by atoms with Gasteiger partial charge in [-0.3, -0.25) is 4.79 Å². The summed E-state index contributed by atoms with van der Waals surface area (Å²) < 4.78 is 29.8. The van der Waals surface area contributed by atoms with Crippen molar-refractivity contribution in [3.63, 3.8) is 0 Å². The molecule has 2 N–H and O–H groups in total. The average molecular weight is 215 g/mol. The Labute approximate surface area is 85.8 Å². The van der Waals surface area contributed by atoms with E-state index in [4.69, 9.17) is 10.5 Å². The van der Waals surface area contributed by atoms with E-state index in [1.165, 1.54) is 20.1 Å². The molecule has 1 aromatic rings. The van der Waals surface area contributed by atoms with Crippen LogP contribution in [-0.2, 0) is 0 Å². The third-order valence-corrected chi connectivity index (χ3v) is 2.05. The normalized spacial score (nSPS) is 10.5. The summed E-state index contributed by atoms with van der Waals surface area (Å²) in [7, 11) is 1.24. The number of hydrogen-bond donors (Lipinski definition) is 1. The number of carbonyl (C=O) groups excluding carboxylic acids is 1. The van der Waals surface area contributed by atoms with Crippen molar-refractivity contribution < 1.29 is 18.3 Å². The van der Waals surface area contributed by atoms with Crippen LogP contribution in [0.4, 0.5) is 14.5 Å². The fourth-order valence-corrected chi connectivity index (χ4v) is 1.32. The van der Waals surface area contributed by atoms with Gasteiger partial charge in [-0.2, -0.15) is 0 Å². The van der Waals surface area contributed by atoms with Crippen molar-refractivity contribution in [2.75, 3.05) is 12.8 Å². The number of nitrogens with two attached hydrogens (primary N) is 1. The predicted octanol–water partition coefficient (Wildman–Crippen LogP) is 2.42. The molecule has 0 saturated heterocycles. The lowest BCUT2D eigenvalue weighted by atomic mass is 10.0. The minimum absolute atomic E-state index is 0.0391. The number of alkyl halides is 2. The number of methoxy groups -OCH3 is 1. The quantitative estimate of drug-likeness (QED) is 0.622. The van der Waals surface area contributed by atoms with Crippen LogP contribution >= 0.6 is 0 Å². The van der Waals surface area contributed by atoms with Crippen LogP contribution in [0.25, 0.3) is 0 Å². The number of anilines is 1. The van der Waals surface area contributed by atoms with Crippen LogP contribution in [0.5, 0.6) is 5.75 Å². The number of rotatable bonds is 3. The van der Waals surface area contributed by atoms with E-state index in [9.17, 15) is 13.6 Å². The van der Waals surface area contributed by atoms with Crippen LogP contribution in [0.3, 0.4) is 0 Å². The molecule has 5 heteroatoms. The zero-order valence-corrected chi connectivity index (χ0v) is 8.38. The summed E-state index contributed by atoms with van der Waals surface area (Å²) in [4.78, 5) is 11.1. The number of nitrogen functional groups attached to an aromatic ring is 1. The second-order valence-electron chi connectivity index (χ2n) is 3.01. The van der Waals surface area contributed by atoms with Crippen LogP contribution in [0.1, 0.15) is 29.3 Å². The van der Waals surface area contributed by atoms with Gasteiger partial charge >= 0.3 is 0 Å². The van der Waals surface area contributed by atoms with E-state index in [-0.39, 0.29) is 28.3 Å². The molecule has 1 rings (SSSR count). The molecule has 0 spiro atoms. The fraction of sp³-hybridized carbons (Fsp3) is 0.300. The van der Waals surface area contributed by atoms with E-state index in [0.717, 1.165) is 6.07 Å². The molecule has 0 bridgehead atoms. The maximum atomic E-state index is 12.5. The molecule has 0 saturated carbocycles. The zero-order valence-electron chi connectivity index (χ0n) is 8.38. The first-order chi connectivity index (χ1) is 6.99. The molecule has 0 fully saturated rings. The summed E-state index contributed by atoms with van der Waals surface area (Å²) in [6.45, 7) is 1.31. The highest BCUT2D eigenvalue weighted by Crippen LogP contribution is 2.35. The van der Waals surface area contributed by atoms with Gasteiger partial charge in [0.2, 0.25) is 0 Å². The van der Waals surface area contributed by atoms with Crippen molar-refractivity contribution in [3.8, 4) is 5.75 Å². The Balaban J connectivity index is 3.39. The Morgan fingerprint density at radius 2 is 2.07 bits per heavy atom. The fourth-order valence-electron chi connectivity index (χ4n) is 1.32. The van der Waals surface area contributed by atoms with Gasteiger partial charge in [-0.05, 0) is 19.1 Å². The molecule has 0 aliphatic carbocycles. The SMILES string of the molecule is COc1c(C(F)F)ccc(C(C)=O)c1N. The van der Waals surface area contributed by atoms with Gasteiger partial charge in [0, 0.05) is 5.56 Å². The van der Waals surface area contributed by atoms with Gasteiger partial charge in [0.1, 0.15) is 0 Å². The first-order valence-electron chi connectivity index (χ1n) is 4.24. The molecule has 0 aliphatic heterocycles. The lowest BCUT2D eigenvalue weighted by Crippen LogP contribution is -2.05. The molecular weight excluding hydrogens is 204 g/mol. The zero-order chi connectivity index (χ0) is 11.6. The van der Waals surface area contributed by atoms with E-state index >= 15 is 0 Å². The number of Topliss-reactive ketones (excluding diaryl/α,β-unsaturated/α-hetero) is 1. The van der Waals surface area contributed by atoms with Gasteiger partial charge in [0.15, 0.2) is 11.5 Å². The van der Waals surface area contributed by atoms with Crippen molar-refractivity contribution in [1.29, 1.82) is 0 Å². The third kappa shape index (κ3) is 2.06. The molecular formula is C10H11F2NO2. The molecule has 0 radical (unpaired) electrons. The smallest absolute Gasteiger partial charge is 0.267 e. The average Bonchev–Trinajstić information content (AvgIpc) is 2.16. The van der Waals surface area contributed by atoms with E-state index in [2.05, 4.69) is 0 Å². The first-order valence-corrected chi connectivity index (χ1v) is 4.24. The molecule has 82 valence electrons. The third-order valence-electron chi connectivity index (χ3n) is 2.05. The van der Waals surface area contributed by atoms with E-state index in [0.29, 0.717) is 0 Å². The molecule has 0 atom stereocenters. The summed E-state index contributed by atoms with van der Waals surface area (Å²) in [5.74, 6) is -0.413. The second-order valence-corrected chi connectivity index (χ2v) is 3.01. The van der Waals surface area contributed by atoms with Gasteiger partial charge < -0.3 is 10.5 Å². The van der Waals surface area contributed by atoms with Crippen LogP contribution < -0.4 is 10.5 Å². The highest BCUT2D eigenvalue weighted by molar-refractivity contribution is 6.00.